The van der Waals surface area contributed by atoms with Crippen molar-refractivity contribution in [3.8, 4) is 0 Å². The van der Waals surface area contributed by atoms with E-state index in [0.29, 0.717) is 11.7 Å². The van der Waals surface area contributed by atoms with Crippen molar-refractivity contribution in [2.75, 3.05) is 32.1 Å². The van der Waals surface area contributed by atoms with Crippen LogP contribution >= 0.6 is 0 Å². The largest absolute Gasteiger partial charge is 0.371 e. The van der Waals surface area contributed by atoms with Crippen LogP contribution in [-0.4, -0.2) is 43.0 Å². The summed E-state index contributed by atoms with van der Waals surface area (Å²) >= 11 is 0. The van der Waals surface area contributed by atoms with E-state index >= 15 is 0 Å². The number of benzene rings is 1. The van der Waals surface area contributed by atoms with Gasteiger partial charge in [0.2, 0.25) is 0 Å². The van der Waals surface area contributed by atoms with Gasteiger partial charge in [-0.1, -0.05) is 0 Å². The van der Waals surface area contributed by atoms with Crippen molar-refractivity contribution >= 4 is 11.4 Å². The summed E-state index contributed by atoms with van der Waals surface area (Å²) in [7, 11) is 4.29. The molecule has 0 aromatic heterocycles. The van der Waals surface area contributed by atoms with Crippen LogP contribution in [-0.2, 0) is 12.8 Å². The topological polar surface area (TPSA) is 49.6 Å². The Morgan fingerprint density at radius 2 is 1.86 bits per heavy atom. The van der Waals surface area contributed by atoms with Gasteiger partial charge in [-0.15, -0.1) is 0 Å². The van der Waals surface area contributed by atoms with Crippen LogP contribution in [0.3, 0.4) is 0 Å². The first-order valence-corrected chi connectivity index (χ1v) is 7.78. The van der Waals surface area contributed by atoms with Crippen LogP contribution in [0.5, 0.6) is 0 Å². The first kappa shape index (κ1) is 14.3. The van der Waals surface area contributed by atoms with E-state index in [1.54, 1.807) is 6.07 Å². The SMILES string of the molecule is CN(C)C1CCN(c2ccc([N+](=O)[O-])c3c2CCC3)CC1. The lowest BCUT2D eigenvalue weighted by atomic mass is 10.00. The number of hydrogen-bond donors (Lipinski definition) is 0. The second kappa shape index (κ2) is 5.64. The van der Waals surface area contributed by atoms with Gasteiger partial charge >= 0.3 is 0 Å². The molecule has 21 heavy (non-hydrogen) atoms. The summed E-state index contributed by atoms with van der Waals surface area (Å²) in [6.45, 7) is 2.10. The van der Waals surface area contributed by atoms with Crippen LogP contribution in [0.2, 0.25) is 0 Å². The third-order valence-electron chi connectivity index (χ3n) is 4.97. The monoisotopic (exact) mass is 289 g/mol. The third-order valence-corrected chi connectivity index (χ3v) is 4.97. The van der Waals surface area contributed by atoms with Crippen LogP contribution in [0.25, 0.3) is 0 Å². The van der Waals surface area contributed by atoms with Gasteiger partial charge in [0, 0.05) is 36.4 Å². The summed E-state index contributed by atoms with van der Waals surface area (Å²) in [5.74, 6) is 0. The normalized spacial score (nSPS) is 19.1. The number of anilines is 1. The molecule has 1 aromatic carbocycles. The Morgan fingerprint density at radius 3 is 2.48 bits per heavy atom. The lowest BCUT2D eigenvalue weighted by Crippen LogP contribution is -2.42. The fourth-order valence-corrected chi connectivity index (χ4v) is 3.76. The lowest BCUT2D eigenvalue weighted by molar-refractivity contribution is -0.385. The maximum Gasteiger partial charge on any atom is 0.273 e. The number of hydrogen-bond acceptors (Lipinski definition) is 4. The number of nitro groups is 1. The van der Waals surface area contributed by atoms with Gasteiger partial charge < -0.3 is 9.80 Å². The molecular formula is C16H23N3O2. The average Bonchev–Trinajstić information content (AvgIpc) is 2.95. The Bertz CT molecular complexity index is 549. The molecule has 1 saturated heterocycles. The minimum absolute atomic E-state index is 0.230. The zero-order valence-electron chi connectivity index (χ0n) is 12.8. The molecule has 0 atom stereocenters. The molecule has 1 aliphatic carbocycles. The van der Waals surface area contributed by atoms with E-state index in [2.05, 4.69) is 23.9 Å². The van der Waals surface area contributed by atoms with Crippen molar-refractivity contribution in [1.82, 2.24) is 4.90 Å². The van der Waals surface area contributed by atoms with Crippen molar-refractivity contribution < 1.29 is 4.92 Å². The average molecular weight is 289 g/mol. The van der Waals surface area contributed by atoms with Crippen LogP contribution in [0.4, 0.5) is 11.4 Å². The van der Waals surface area contributed by atoms with Gasteiger partial charge in [-0.05, 0) is 57.8 Å². The Kier molecular flexibility index (Phi) is 3.85. The number of piperidine rings is 1. The summed E-state index contributed by atoms with van der Waals surface area (Å²) in [5.41, 5.74) is 3.76. The molecule has 114 valence electrons. The number of fused-ring (bicyclic) bond motifs is 1. The predicted molar refractivity (Wildman–Crippen MR) is 84.0 cm³/mol. The van der Waals surface area contributed by atoms with E-state index in [-0.39, 0.29) is 4.92 Å². The first-order chi connectivity index (χ1) is 10.1. The molecule has 5 nitrogen and oxygen atoms in total. The molecule has 0 amide bonds. The van der Waals surface area contributed by atoms with Gasteiger partial charge in [0.25, 0.3) is 5.69 Å². The highest BCUT2D eigenvalue weighted by molar-refractivity contribution is 5.64. The zero-order chi connectivity index (χ0) is 15.0. The number of nitro benzene ring substituents is 1. The molecule has 2 aliphatic rings. The van der Waals surface area contributed by atoms with Gasteiger partial charge in [0.15, 0.2) is 0 Å². The van der Waals surface area contributed by atoms with Gasteiger partial charge in [-0.25, -0.2) is 0 Å². The molecule has 1 aliphatic heterocycles. The second-order valence-electron chi connectivity index (χ2n) is 6.35. The van der Waals surface area contributed by atoms with Crippen molar-refractivity contribution in [2.24, 2.45) is 0 Å². The lowest BCUT2D eigenvalue weighted by Gasteiger charge is -2.37. The molecule has 5 heteroatoms. The van der Waals surface area contributed by atoms with E-state index in [1.807, 2.05) is 6.07 Å². The smallest absolute Gasteiger partial charge is 0.273 e. The van der Waals surface area contributed by atoms with Crippen LogP contribution in [0.1, 0.15) is 30.4 Å². The van der Waals surface area contributed by atoms with Gasteiger partial charge in [-0.3, -0.25) is 10.1 Å². The van der Waals surface area contributed by atoms with Crippen molar-refractivity contribution in [3.05, 3.63) is 33.4 Å². The van der Waals surface area contributed by atoms with Crippen LogP contribution in [0.15, 0.2) is 12.1 Å². The molecule has 0 bridgehead atoms. The molecule has 3 rings (SSSR count). The van der Waals surface area contributed by atoms with E-state index < -0.39 is 0 Å². The molecule has 1 aromatic rings. The summed E-state index contributed by atoms with van der Waals surface area (Å²) < 4.78 is 0. The summed E-state index contributed by atoms with van der Waals surface area (Å²) in [6, 6.07) is 4.34. The van der Waals surface area contributed by atoms with Crippen molar-refractivity contribution in [3.63, 3.8) is 0 Å². The molecular weight excluding hydrogens is 266 g/mol. The highest BCUT2D eigenvalue weighted by Gasteiger charge is 2.28. The van der Waals surface area contributed by atoms with Gasteiger partial charge in [-0.2, -0.15) is 0 Å². The zero-order valence-corrected chi connectivity index (χ0v) is 12.8. The maximum atomic E-state index is 11.2. The highest BCUT2D eigenvalue weighted by Crippen LogP contribution is 2.38. The molecule has 0 radical (unpaired) electrons. The second-order valence-corrected chi connectivity index (χ2v) is 6.35. The summed E-state index contributed by atoms with van der Waals surface area (Å²) in [5, 5.41) is 11.2. The Hall–Kier alpha value is -1.62. The Morgan fingerprint density at radius 1 is 1.19 bits per heavy atom. The van der Waals surface area contributed by atoms with Crippen molar-refractivity contribution in [2.45, 2.75) is 38.1 Å². The fourth-order valence-electron chi connectivity index (χ4n) is 3.76. The molecule has 0 spiro atoms. The Balaban J connectivity index is 1.84. The van der Waals surface area contributed by atoms with E-state index in [9.17, 15) is 10.1 Å². The van der Waals surface area contributed by atoms with E-state index in [1.165, 1.54) is 24.1 Å². The number of rotatable bonds is 3. The first-order valence-electron chi connectivity index (χ1n) is 7.78. The summed E-state index contributed by atoms with van der Waals surface area (Å²) in [6.07, 6.45) is 5.21. The summed E-state index contributed by atoms with van der Waals surface area (Å²) in [4.78, 5) is 15.7. The number of nitrogens with zero attached hydrogens (tertiary/aromatic N) is 3. The predicted octanol–water partition coefficient (Wildman–Crippen LogP) is 2.61. The third kappa shape index (κ3) is 2.62. The fraction of sp³-hybridized carbons (Fsp3) is 0.625. The van der Waals surface area contributed by atoms with Crippen LogP contribution < -0.4 is 4.90 Å². The van der Waals surface area contributed by atoms with E-state index in [0.717, 1.165) is 37.9 Å². The minimum atomic E-state index is -0.230. The standard InChI is InChI=1S/C16H23N3O2/c1-17(2)12-8-10-18(11-9-12)15-6-7-16(19(20)21)14-5-3-4-13(14)15/h6-7,12H,3-5,8-11H2,1-2H3. The highest BCUT2D eigenvalue weighted by atomic mass is 16.6. The molecule has 1 heterocycles. The molecule has 1 fully saturated rings. The van der Waals surface area contributed by atoms with Crippen LogP contribution in [0, 0.1) is 10.1 Å². The molecule has 0 N–H and O–H groups in total. The van der Waals surface area contributed by atoms with E-state index in [4.69, 9.17) is 0 Å². The maximum absolute atomic E-state index is 11.2. The molecule has 0 unspecified atom stereocenters. The van der Waals surface area contributed by atoms with Crippen molar-refractivity contribution in [1.29, 1.82) is 0 Å². The quantitative estimate of drug-likeness (QED) is 0.634. The van der Waals surface area contributed by atoms with Gasteiger partial charge in [0.1, 0.15) is 0 Å². The van der Waals surface area contributed by atoms with Gasteiger partial charge in [0.05, 0.1) is 4.92 Å². The Labute approximate surface area is 125 Å². The minimum Gasteiger partial charge on any atom is -0.371 e. The molecule has 0 saturated carbocycles.